The topological polar surface area (TPSA) is 96.0 Å². The average Bonchev–Trinajstić information content (AvgIpc) is 3.05. The average molecular weight is 391 g/mol. The first-order chi connectivity index (χ1) is 12.0. The van der Waals surface area contributed by atoms with Gasteiger partial charge in [-0.3, -0.25) is 19.2 Å². The van der Waals surface area contributed by atoms with Crippen LogP contribution in [-0.4, -0.2) is 41.1 Å². The van der Waals surface area contributed by atoms with Crippen molar-refractivity contribution in [1.29, 1.82) is 0 Å². The third-order valence-corrected chi connectivity index (χ3v) is 7.09. The van der Waals surface area contributed by atoms with E-state index >= 15 is 0 Å². The summed E-state index contributed by atoms with van der Waals surface area (Å²) in [4.78, 5) is 44.8. The Labute approximate surface area is 154 Å². The van der Waals surface area contributed by atoms with E-state index in [4.69, 9.17) is 3.63 Å². The fourth-order valence-electron chi connectivity index (χ4n) is 2.69. The summed E-state index contributed by atoms with van der Waals surface area (Å²) < 4.78 is 14.9. The number of carbonyl (C=O) groups is 4. The van der Waals surface area contributed by atoms with Crippen molar-refractivity contribution >= 4 is 47.1 Å². The molecule has 0 saturated carbocycles. The lowest BCUT2D eigenvalue weighted by atomic mass is 10.0. The van der Waals surface area contributed by atoms with E-state index < -0.39 is 23.9 Å². The van der Waals surface area contributed by atoms with Crippen LogP contribution in [0.2, 0.25) is 0 Å². The largest absolute Gasteiger partial charge is 0.393 e. The molecular formula is C16H23O7S2+. The highest BCUT2D eigenvalue weighted by molar-refractivity contribution is 8.06. The highest BCUT2D eigenvalue weighted by Crippen LogP contribution is 2.24. The van der Waals surface area contributed by atoms with Crippen molar-refractivity contribution in [3.05, 3.63) is 0 Å². The fraction of sp³-hybridized carbons (Fsp3) is 0.750. The molecule has 3 unspecified atom stereocenters. The number of rotatable bonds is 11. The van der Waals surface area contributed by atoms with Gasteiger partial charge in [-0.2, -0.15) is 0 Å². The summed E-state index contributed by atoms with van der Waals surface area (Å²) >= 11 is 1.20. The van der Waals surface area contributed by atoms with Gasteiger partial charge in [0, 0.05) is 5.75 Å². The first kappa shape index (κ1) is 20.3. The highest BCUT2D eigenvalue weighted by Gasteiger charge is 2.34. The number of ether oxygens (including phenoxy) is 2. The molecule has 0 spiro atoms. The Kier molecular flexibility index (Phi) is 8.25. The SMILES string of the molecule is CC[S+](CCCC1CC(=O)OC1=O)OSCCCC1CC(=O)OC1=O. The Morgan fingerprint density at radius 1 is 1.00 bits per heavy atom. The van der Waals surface area contributed by atoms with Crippen LogP contribution in [0.25, 0.3) is 0 Å². The lowest BCUT2D eigenvalue weighted by molar-refractivity contribution is -0.154. The van der Waals surface area contributed by atoms with E-state index in [-0.39, 0.29) is 35.9 Å². The second-order valence-corrected chi connectivity index (χ2v) is 9.05. The van der Waals surface area contributed by atoms with Crippen molar-refractivity contribution in [3.63, 3.8) is 0 Å². The van der Waals surface area contributed by atoms with Crippen LogP contribution in [0.1, 0.15) is 45.4 Å². The van der Waals surface area contributed by atoms with Gasteiger partial charge in [0.15, 0.2) is 11.2 Å². The van der Waals surface area contributed by atoms with Crippen LogP contribution in [0, 0.1) is 11.8 Å². The molecule has 0 amide bonds. The second-order valence-electron chi connectivity index (χ2n) is 6.00. The van der Waals surface area contributed by atoms with Gasteiger partial charge in [0.25, 0.3) is 0 Å². The standard InChI is InChI=1S/C16H23O7S2/c1-2-25(8-4-6-12-10-14(18)22-16(12)20)23-24-7-3-5-11-9-13(17)21-15(11)19/h11-12H,2-10H2,1H3/q+1. The summed E-state index contributed by atoms with van der Waals surface area (Å²) in [5.41, 5.74) is 0. The first-order valence-corrected chi connectivity index (χ1v) is 10.9. The predicted octanol–water partition coefficient (Wildman–Crippen LogP) is 1.94. The van der Waals surface area contributed by atoms with Crippen LogP contribution in [0.5, 0.6) is 0 Å². The molecule has 2 fully saturated rings. The minimum Gasteiger partial charge on any atom is -0.393 e. The number of hydrogen-bond acceptors (Lipinski definition) is 8. The minimum atomic E-state index is -0.431. The molecule has 2 heterocycles. The molecule has 2 saturated heterocycles. The summed E-state index contributed by atoms with van der Waals surface area (Å²) in [5.74, 6) is 0.236. The van der Waals surface area contributed by atoms with Crippen molar-refractivity contribution in [2.45, 2.75) is 45.4 Å². The molecule has 2 rings (SSSR count). The zero-order valence-corrected chi connectivity index (χ0v) is 15.8. The van der Waals surface area contributed by atoms with Gasteiger partial charge in [0.2, 0.25) is 0 Å². The quantitative estimate of drug-likeness (QED) is 0.173. The number of cyclic esters (lactones) is 4. The van der Waals surface area contributed by atoms with E-state index in [2.05, 4.69) is 16.4 Å². The molecule has 0 N–H and O–H groups in total. The van der Waals surface area contributed by atoms with Gasteiger partial charge < -0.3 is 9.47 Å². The molecule has 2 aliphatic rings. The first-order valence-electron chi connectivity index (χ1n) is 8.46. The van der Waals surface area contributed by atoms with E-state index in [0.717, 1.165) is 30.1 Å². The molecule has 0 aromatic carbocycles. The van der Waals surface area contributed by atoms with Crippen LogP contribution < -0.4 is 0 Å². The maximum absolute atomic E-state index is 11.4. The van der Waals surface area contributed by atoms with Crippen molar-refractivity contribution < 1.29 is 32.3 Å². The zero-order chi connectivity index (χ0) is 18.2. The monoisotopic (exact) mass is 391 g/mol. The Hall–Kier alpha value is -1.06. The van der Waals surface area contributed by atoms with Crippen LogP contribution in [0.15, 0.2) is 0 Å². The highest BCUT2D eigenvalue weighted by atomic mass is 32.3. The summed E-state index contributed by atoms with van der Waals surface area (Å²) in [6.45, 7) is 2.05. The smallest absolute Gasteiger partial charge is 0.317 e. The second kappa shape index (κ2) is 10.2. The summed E-state index contributed by atoms with van der Waals surface area (Å²) in [6, 6.07) is 0. The Balaban J connectivity index is 1.53. The third kappa shape index (κ3) is 6.63. The lowest BCUT2D eigenvalue weighted by Gasteiger charge is -2.06. The van der Waals surface area contributed by atoms with Gasteiger partial charge in [-0.05, 0) is 32.6 Å². The predicted molar refractivity (Wildman–Crippen MR) is 93.2 cm³/mol. The van der Waals surface area contributed by atoms with E-state index in [1.165, 1.54) is 12.0 Å². The molecule has 0 aromatic rings. The maximum atomic E-state index is 11.4. The summed E-state index contributed by atoms with van der Waals surface area (Å²) in [6.07, 6.45) is 3.28. The van der Waals surface area contributed by atoms with Crippen LogP contribution in [0.4, 0.5) is 0 Å². The molecule has 7 nitrogen and oxygen atoms in total. The lowest BCUT2D eigenvalue weighted by Crippen LogP contribution is -2.14. The van der Waals surface area contributed by atoms with Crippen molar-refractivity contribution in [1.82, 2.24) is 0 Å². The Bertz CT molecular complexity index is 523. The molecular weight excluding hydrogens is 368 g/mol. The molecule has 25 heavy (non-hydrogen) atoms. The van der Waals surface area contributed by atoms with E-state index in [1.54, 1.807) is 0 Å². The van der Waals surface area contributed by atoms with Gasteiger partial charge in [-0.15, -0.1) is 3.63 Å². The number of hydrogen-bond donors (Lipinski definition) is 0. The van der Waals surface area contributed by atoms with E-state index in [0.29, 0.717) is 12.8 Å². The summed E-state index contributed by atoms with van der Waals surface area (Å²) in [5, 5.41) is 0. The van der Waals surface area contributed by atoms with Gasteiger partial charge >= 0.3 is 23.9 Å². The maximum Gasteiger partial charge on any atom is 0.317 e. The van der Waals surface area contributed by atoms with Crippen LogP contribution in [-0.2, 0) is 43.5 Å². The van der Waals surface area contributed by atoms with Crippen molar-refractivity contribution in [3.8, 4) is 0 Å². The fourth-order valence-corrected chi connectivity index (χ4v) is 5.23. The molecule has 0 aromatic heterocycles. The van der Waals surface area contributed by atoms with Gasteiger partial charge in [0.05, 0.1) is 36.7 Å². The minimum absolute atomic E-state index is 0.189. The number of carbonyl (C=O) groups excluding carboxylic acids is 4. The van der Waals surface area contributed by atoms with Crippen molar-refractivity contribution in [2.24, 2.45) is 11.8 Å². The van der Waals surface area contributed by atoms with Gasteiger partial charge in [-0.1, -0.05) is 0 Å². The normalized spacial score (nSPS) is 24.5. The molecule has 9 heteroatoms. The van der Waals surface area contributed by atoms with Crippen molar-refractivity contribution in [2.75, 3.05) is 17.3 Å². The third-order valence-electron chi connectivity index (χ3n) is 4.09. The zero-order valence-electron chi connectivity index (χ0n) is 14.2. The molecule has 3 atom stereocenters. The molecule has 2 aliphatic heterocycles. The van der Waals surface area contributed by atoms with Gasteiger partial charge in [-0.25, -0.2) is 0 Å². The summed E-state index contributed by atoms with van der Waals surface area (Å²) in [7, 11) is 0. The molecule has 0 radical (unpaired) electrons. The van der Waals surface area contributed by atoms with Crippen LogP contribution >= 0.6 is 12.0 Å². The number of esters is 4. The van der Waals surface area contributed by atoms with Crippen LogP contribution in [0.3, 0.4) is 0 Å². The Morgan fingerprint density at radius 2 is 1.56 bits per heavy atom. The Morgan fingerprint density at radius 3 is 2.04 bits per heavy atom. The molecule has 0 bridgehead atoms. The van der Waals surface area contributed by atoms with E-state index in [1.807, 2.05) is 0 Å². The molecule has 140 valence electrons. The van der Waals surface area contributed by atoms with Gasteiger partial charge in [0.1, 0.15) is 11.5 Å². The molecule has 0 aliphatic carbocycles. The van der Waals surface area contributed by atoms with E-state index in [9.17, 15) is 19.2 Å².